The van der Waals surface area contributed by atoms with Gasteiger partial charge in [-0.1, -0.05) is 73.5 Å². The van der Waals surface area contributed by atoms with Crippen LogP contribution in [-0.4, -0.2) is 107 Å². The van der Waals surface area contributed by atoms with Gasteiger partial charge in [0.15, 0.2) is 5.69 Å². The molecule has 2 fully saturated rings. The second kappa shape index (κ2) is 17.0. The first-order valence-electron chi connectivity index (χ1n) is 18.0. The summed E-state index contributed by atoms with van der Waals surface area (Å²) in [7, 11) is 1.66. The van der Waals surface area contributed by atoms with Crippen molar-refractivity contribution in [2.75, 3.05) is 46.5 Å². The lowest BCUT2D eigenvalue weighted by Crippen LogP contribution is -2.58. The molecule has 2 aromatic carbocycles. The third kappa shape index (κ3) is 9.04. The molecule has 0 N–H and O–H groups in total. The van der Waals surface area contributed by atoms with E-state index in [0.29, 0.717) is 57.9 Å². The fraction of sp³-hybridized carbons (Fsp3) is 0.538. The van der Waals surface area contributed by atoms with E-state index in [1.807, 2.05) is 98.2 Å². The summed E-state index contributed by atoms with van der Waals surface area (Å²) in [5.41, 5.74) is 2.44. The number of carbonyl (C=O) groups is 3. The van der Waals surface area contributed by atoms with Crippen molar-refractivity contribution in [2.45, 2.75) is 89.9 Å². The topological polar surface area (TPSA) is 106 Å². The van der Waals surface area contributed by atoms with Crippen LogP contribution < -0.4 is 0 Å². The van der Waals surface area contributed by atoms with Crippen molar-refractivity contribution >= 4 is 18.1 Å². The predicted octanol–water partition coefficient (Wildman–Crippen LogP) is 6.83. The van der Waals surface area contributed by atoms with Crippen molar-refractivity contribution in [3.8, 4) is 11.3 Å². The smallest absolute Gasteiger partial charge is 0.410 e. The van der Waals surface area contributed by atoms with E-state index in [9.17, 15) is 14.4 Å². The second-order valence-corrected chi connectivity index (χ2v) is 14.1. The average Bonchev–Trinajstić information content (AvgIpc) is 3.55. The normalized spacial score (nSPS) is 19.6. The molecule has 0 unspecified atom stereocenters. The lowest BCUT2D eigenvalue weighted by Gasteiger charge is -2.42. The molecule has 0 bridgehead atoms. The van der Waals surface area contributed by atoms with Crippen LogP contribution in [-0.2, 0) is 20.6 Å². The van der Waals surface area contributed by atoms with Crippen LogP contribution >= 0.6 is 0 Å². The van der Waals surface area contributed by atoms with Crippen LogP contribution in [0.2, 0.25) is 0 Å². The maximum absolute atomic E-state index is 14.8. The van der Waals surface area contributed by atoms with Gasteiger partial charge in [0, 0.05) is 45.5 Å². The average molecular weight is 688 g/mol. The van der Waals surface area contributed by atoms with Gasteiger partial charge in [-0.3, -0.25) is 4.79 Å². The van der Waals surface area contributed by atoms with Gasteiger partial charge in [0.25, 0.3) is 5.91 Å². The summed E-state index contributed by atoms with van der Waals surface area (Å²) in [5.74, 6) is -0.179. The van der Waals surface area contributed by atoms with Gasteiger partial charge in [-0.2, -0.15) is 0 Å². The van der Waals surface area contributed by atoms with Gasteiger partial charge >= 0.3 is 12.2 Å². The van der Waals surface area contributed by atoms with Crippen molar-refractivity contribution in [1.29, 1.82) is 0 Å². The van der Waals surface area contributed by atoms with Gasteiger partial charge in [0.2, 0.25) is 0 Å². The summed E-state index contributed by atoms with van der Waals surface area (Å²) in [6, 6.07) is 19.4. The minimum atomic E-state index is -0.625. The van der Waals surface area contributed by atoms with E-state index < -0.39 is 5.60 Å². The highest BCUT2D eigenvalue weighted by molar-refractivity contribution is 5.98. The first-order valence-corrected chi connectivity index (χ1v) is 18.0. The Morgan fingerprint density at radius 3 is 2.34 bits per heavy atom. The quantitative estimate of drug-likeness (QED) is 0.204. The Kier molecular flexibility index (Phi) is 12.6. The molecular formula is C39H53N5O6. The van der Waals surface area contributed by atoms with E-state index >= 15 is 0 Å². The second-order valence-electron chi connectivity index (χ2n) is 14.1. The minimum Gasteiger partial charge on any atom is -0.450 e. The zero-order valence-corrected chi connectivity index (χ0v) is 30.3. The number of amides is 3. The van der Waals surface area contributed by atoms with Crippen molar-refractivity contribution in [1.82, 2.24) is 24.3 Å². The number of benzene rings is 2. The number of hydrogen-bond donors (Lipinski definition) is 0. The van der Waals surface area contributed by atoms with E-state index in [1.165, 1.54) is 0 Å². The van der Waals surface area contributed by atoms with Crippen LogP contribution in [0.3, 0.4) is 0 Å². The van der Waals surface area contributed by atoms with E-state index in [-0.39, 0.29) is 36.2 Å². The molecule has 0 radical (unpaired) electrons. The fourth-order valence-electron chi connectivity index (χ4n) is 7.22. The summed E-state index contributed by atoms with van der Waals surface area (Å²) >= 11 is 0. The minimum absolute atomic E-state index is 0.107. The number of methoxy groups -OCH3 is 1. The van der Waals surface area contributed by atoms with Crippen molar-refractivity contribution in [2.24, 2.45) is 0 Å². The Morgan fingerprint density at radius 1 is 0.960 bits per heavy atom. The zero-order valence-electron chi connectivity index (χ0n) is 30.3. The summed E-state index contributed by atoms with van der Waals surface area (Å²) < 4.78 is 18.7. The van der Waals surface area contributed by atoms with Gasteiger partial charge in [-0.05, 0) is 58.9 Å². The van der Waals surface area contributed by atoms with Gasteiger partial charge in [0.05, 0.1) is 36.8 Å². The SMILES string of the molecule is CCOC(=O)N(CCCOC)[C@H]1CCCC[C@@H]1n1cnc(C(=O)N2CCN(C(=O)OC(C)(C)C)C[C@H]2Cc2ccccc2)c1-c1ccccc1. The molecule has 50 heavy (non-hydrogen) atoms. The molecule has 270 valence electrons. The summed E-state index contributed by atoms with van der Waals surface area (Å²) in [6.07, 6.45) is 5.98. The largest absolute Gasteiger partial charge is 0.450 e. The maximum Gasteiger partial charge on any atom is 0.410 e. The Bertz CT molecular complexity index is 1560. The van der Waals surface area contributed by atoms with Crippen molar-refractivity contribution in [3.63, 3.8) is 0 Å². The van der Waals surface area contributed by atoms with Gasteiger partial charge in [0.1, 0.15) is 5.60 Å². The molecule has 11 heteroatoms. The molecule has 2 heterocycles. The van der Waals surface area contributed by atoms with Gasteiger partial charge in [-0.15, -0.1) is 0 Å². The zero-order chi connectivity index (χ0) is 35.7. The lowest BCUT2D eigenvalue weighted by molar-refractivity contribution is 0.00428. The van der Waals surface area contributed by atoms with Gasteiger partial charge < -0.3 is 33.5 Å². The highest BCUT2D eigenvalue weighted by Crippen LogP contribution is 2.38. The van der Waals surface area contributed by atoms with Crippen LogP contribution in [0, 0.1) is 0 Å². The van der Waals surface area contributed by atoms with Crippen LogP contribution in [0.5, 0.6) is 0 Å². The monoisotopic (exact) mass is 687 g/mol. The molecule has 1 aliphatic carbocycles. The van der Waals surface area contributed by atoms with Crippen molar-refractivity contribution < 1.29 is 28.6 Å². The molecule has 1 saturated heterocycles. The standard InChI is InChI=1S/C39H53N5O6/c1-6-49-38(47)43(22-15-25-48-5)32-20-13-14-21-33(32)44-28-40-34(35(44)30-18-11-8-12-19-30)36(45)42-24-23-41(37(46)50-39(2,3)4)27-31(42)26-29-16-9-7-10-17-29/h7-12,16-19,28,31-33H,6,13-15,20-27H2,1-5H3/t31-,32+,33+/m1/s1. The Balaban J connectivity index is 1.51. The number of imidazole rings is 1. The predicted molar refractivity (Wildman–Crippen MR) is 192 cm³/mol. The lowest BCUT2D eigenvalue weighted by atomic mass is 9.88. The molecule has 1 aromatic heterocycles. The first kappa shape index (κ1) is 36.9. The summed E-state index contributed by atoms with van der Waals surface area (Å²) in [4.78, 5) is 51.6. The maximum atomic E-state index is 14.8. The van der Waals surface area contributed by atoms with E-state index in [2.05, 4.69) is 4.57 Å². The molecule has 3 atom stereocenters. The van der Waals surface area contributed by atoms with E-state index in [4.69, 9.17) is 19.2 Å². The molecule has 0 spiro atoms. The molecule has 2 aliphatic rings. The molecule has 11 nitrogen and oxygen atoms in total. The number of carbonyl (C=O) groups excluding carboxylic acids is 3. The van der Waals surface area contributed by atoms with Gasteiger partial charge in [-0.25, -0.2) is 14.6 Å². The fourth-order valence-corrected chi connectivity index (χ4v) is 7.22. The molecule has 3 amide bonds. The molecule has 5 rings (SSSR count). The molecule has 1 saturated carbocycles. The molecule has 3 aromatic rings. The molecular weight excluding hydrogens is 634 g/mol. The van der Waals surface area contributed by atoms with Crippen LogP contribution in [0.25, 0.3) is 11.3 Å². The number of ether oxygens (including phenoxy) is 3. The van der Waals surface area contributed by atoms with Crippen LogP contribution in [0.4, 0.5) is 9.59 Å². The van der Waals surface area contributed by atoms with E-state index in [1.54, 1.807) is 18.3 Å². The summed E-state index contributed by atoms with van der Waals surface area (Å²) in [5, 5.41) is 0. The summed E-state index contributed by atoms with van der Waals surface area (Å²) in [6.45, 7) is 9.78. The highest BCUT2D eigenvalue weighted by Gasteiger charge is 2.40. The Hall–Kier alpha value is -4.38. The molecule has 1 aliphatic heterocycles. The number of aromatic nitrogens is 2. The van der Waals surface area contributed by atoms with Crippen molar-refractivity contribution in [3.05, 3.63) is 78.2 Å². The highest BCUT2D eigenvalue weighted by atomic mass is 16.6. The third-order valence-corrected chi connectivity index (χ3v) is 9.45. The number of rotatable bonds is 11. The van der Waals surface area contributed by atoms with Crippen LogP contribution in [0.1, 0.15) is 81.9 Å². The van der Waals surface area contributed by atoms with E-state index in [0.717, 1.165) is 42.5 Å². The third-order valence-electron chi connectivity index (χ3n) is 9.45. The number of piperazine rings is 1. The Labute approximate surface area is 296 Å². The number of hydrogen-bond acceptors (Lipinski definition) is 7. The van der Waals surface area contributed by atoms with Crippen LogP contribution in [0.15, 0.2) is 67.0 Å². The first-order chi connectivity index (χ1) is 24.1. The Morgan fingerprint density at radius 2 is 1.66 bits per heavy atom. The number of nitrogens with zero attached hydrogens (tertiary/aromatic N) is 5.